The number of sulfonamides is 1. The highest BCUT2D eigenvalue weighted by atomic mass is 32.2. The predicted octanol–water partition coefficient (Wildman–Crippen LogP) is 1.04. The number of hydrogen-bond acceptors (Lipinski definition) is 3. The van der Waals surface area contributed by atoms with Crippen molar-refractivity contribution in [2.24, 2.45) is 0 Å². The molecule has 2 N–H and O–H groups in total. The van der Waals surface area contributed by atoms with Gasteiger partial charge in [0.1, 0.15) is 0 Å². The molecule has 15 heavy (non-hydrogen) atoms. The van der Waals surface area contributed by atoms with Crippen LogP contribution in [0.25, 0.3) is 0 Å². The summed E-state index contributed by atoms with van der Waals surface area (Å²) < 4.78 is 25.0. The van der Waals surface area contributed by atoms with Crippen LogP contribution in [0.15, 0.2) is 18.2 Å². The third kappa shape index (κ3) is 3.53. The summed E-state index contributed by atoms with van der Waals surface area (Å²) in [5, 5.41) is 8.56. The second kappa shape index (κ2) is 4.63. The number of hydrogen-bond donors (Lipinski definition) is 2. The van der Waals surface area contributed by atoms with Gasteiger partial charge in [0.2, 0.25) is 10.0 Å². The number of benzene rings is 1. The summed E-state index contributed by atoms with van der Waals surface area (Å²) >= 11 is 0. The van der Waals surface area contributed by atoms with Crippen LogP contribution >= 0.6 is 0 Å². The lowest BCUT2D eigenvalue weighted by Crippen LogP contribution is -2.18. The van der Waals surface area contributed by atoms with E-state index in [1.165, 1.54) is 0 Å². The molecule has 1 aromatic rings. The maximum atomic E-state index is 11.3. The number of nitrogens with one attached hydrogen (secondary N) is 1. The predicted molar refractivity (Wildman–Crippen MR) is 60.4 cm³/mol. The van der Waals surface area contributed by atoms with Gasteiger partial charge in [0.15, 0.2) is 0 Å². The summed E-state index contributed by atoms with van der Waals surface area (Å²) in [4.78, 5) is 0. The molecule has 0 unspecified atom stereocenters. The van der Waals surface area contributed by atoms with Crippen molar-refractivity contribution in [3.05, 3.63) is 29.3 Å². The van der Waals surface area contributed by atoms with Gasteiger partial charge in [-0.2, -0.15) is 0 Å². The van der Waals surface area contributed by atoms with Gasteiger partial charge in [0, 0.05) is 5.69 Å². The van der Waals surface area contributed by atoms with Crippen LogP contribution in [-0.2, 0) is 10.0 Å². The van der Waals surface area contributed by atoms with Crippen molar-refractivity contribution in [3.8, 4) is 0 Å². The minimum absolute atomic E-state index is 0.278. The molecule has 0 aliphatic heterocycles. The molecule has 0 saturated carbocycles. The third-order valence-electron chi connectivity index (χ3n) is 2.14. The van der Waals surface area contributed by atoms with Crippen LogP contribution in [0, 0.1) is 13.8 Å². The smallest absolute Gasteiger partial charge is 0.234 e. The number of aryl methyl sites for hydroxylation is 2. The summed E-state index contributed by atoms with van der Waals surface area (Å²) in [7, 11) is -3.41. The van der Waals surface area contributed by atoms with Crippen molar-refractivity contribution in [2.45, 2.75) is 13.8 Å². The van der Waals surface area contributed by atoms with Crippen molar-refractivity contribution in [1.29, 1.82) is 0 Å². The lowest BCUT2D eigenvalue weighted by Gasteiger charge is -2.08. The maximum absolute atomic E-state index is 11.3. The van der Waals surface area contributed by atoms with Crippen molar-refractivity contribution in [1.82, 2.24) is 0 Å². The number of anilines is 1. The van der Waals surface area contributed by atoms with Gasteiger partial charge in [-0.3, -0.25) is 4.72 Å². The van der Waals surface area contributed by atoms with Crippen LogP contribution in [0.1, 0.15) is 11.1 Å². The summed E-state index contributed by atoms with van der Waals surface area (Å²) in [6, 6.07) is 5.33. The molecule has 0 atom stereocenters. The Balaban J connectivity index is 2.86. The Labute approximate surface area is 90.0 Å². The quantitative estimate of drug-likeness (QED) is 0.810. The van der Waals surface area contributed by atoms with Crippen LogP contribution in [0.3, 0.4) is 0 Å². The monoisotopic (exact) mass is 229 g/mol. The van der Waals surface area contributed by atoms with Crippen LogP contribution in [0.4, 0.5) is 5.69 Å². The summed E-state index contributed by atoms with van der Waals surface area (Å²) in [5.74, 6) is -0.278. The molecule has 0 fully saturated rings. The first kappa shape index (κ1) is 12.0. The molecule has 1 rings (SSSR count). The molecule has 0 aliphatic rings. The minimum Gasteiger partial charge on any atom is -0.395 e. The fourth-order valence-corrected chi connectivity index (χ4v) is 1.98. The van der Waals surface area contributed by atoms with Crippen LogP contribution < -0.4 is 4.72 Å². The first-order valence-corrected chi connectivity index (χ1v) is 6.28. The molecule has 84 valence electrons. The Bertz CT molecular complexity index is 440. The van der Waals surface area contributed by atoms with E-state index in [2.05, 4.69) is 4.72 Å². The van der Waals surface area contributed by atoms with Gasteiger partial charge < -0.3 is 5.11 Å². The largest absolute Gasteiger partial charge is 0.395 e. The highest BCUT2D eigenvalue weighted by Gasteiger charge is 2.09. The zero-order valence-electron chi connectivity index (χ0n) is 8.82. The van der Waals surface area contributed by atoms with Crippen LogP contribution in [0.2, 0.25) is 0 Å². The Kier molecular flexibility index (Phi) is 3.71. The average Bonchev–Trinajstić information content (AvgIpc) is 2.10. The molecule has 0 saturated heterocycles. The molecular formula is C10H15NO3S. The third-order valence-corrected chi connectivity index (χ3v) is 3.41. The van der Waals surface area contributed by atoms with Crippen molar-refractivity contribution in [2.75, 3.05) is 17.1 Å². The number of rotatable bonds is 4. The molecule has 0 aliphatic carbocycles. The first-order chi connectivity index (χ1) is 6.94. The molecule has 0 aromatic heterocycles. The van der Waals surface area contributed by atoms with Crippen molar-refractivity contribution < 1.29 is 13.5 Å². The summed E-state index contributed by atoms with van der Waals surface area (Å²) in [5.41, 5.74) is 2.67. The molecule has 0 amide bonds. The van der Waals surface area contributed by atoms with Gasteiger partial charge in [0.05, 0.1) is 12.4 Å². The van der Waals surface area contributed by atoms with E-state index in [4.69, 9.17) is 5.11 Å². The Morgan fingerprint density at radius 1 is 1.27 bits per heavy atom. The molecule has 0 bridgehead atoms. The number of aliphatic hydroxyl groups is 1. The lowest BCUT2D eigenvalue weighted by atomic mass is 10.1. The van der Waals surface area contributed by atoms with E-state index in [0.29, 0.717) is 5.69 Å². The van der Waals surface area contributed by atoms with E-state index in [-0.39, 0.29) is 12.4 Å². The molecular weight excluding hydrogens is 214 g/mol. The average molecular weight is 229 g/mol. The highest BCUT2D eigenvalue weighted by molar-refractivity contribution is 7.92. The SMILES string of the molecule is Cc1ccc(NS(=O)(=O)CCO)cc1C. The van der Waals surface area contributed by atoms with Gasteiger partial charge in [0.25, 0.3) is 0 Å². The zero-order valence-corrected chi connectivity index (χ0v) is 9.63. The van der Waals surface area contributed by atoms with Gasteiger partial charge >= 0.3 is 0 Å². The molecule has 0 radical (unpaired) electrons. The van der Waals surface area contributed by atoms with E-state index in [1.54, 1.807) is 12.1 Å². The van der Waals surface area contributed by atoms with E-state index in [9.17, 15) is 8.42 Å². The van der Waals surface area contributed by atoms with E-state index in [1.807, 2.05) is 19.9 Å². The number of aliphatic hydroxyl groups excluding tert-OH is 1. The van der Waals surface area contributed by atoms with Crippen LogP contribution in [-0.4, -0.2) is 25.9 Å². The Morgan fingerprint density at radius 3 is 2.47 bits per heavy atom. The van der Waals surface area contributed by atoms with E-state index < -0.39 is 10.0 Å². The molecule has 0 heterocycles. The lowest BCUT2D eigenvalue weighted by molar-refractivity contribution is 0.320. The second-order valence-electron chi connectivity index (χ2n) is 3.44. The Hall–Kier alpha value is -1.07. The molecule has 1 aromatic carbocycles. The minimum atomic E-state index is -3.41. The molecule has 0 spiro atoms. The van der Waals surface area contributed by atoms with Gasteiger partial charge in [-0.05, 0) is 37.1 Å². The normalized spacial score (nSPS) is 11.4. The van der Waals surface area contributed by atoms with Crippen molar-refractivity contribution in [3.63, 3.8) is 0 Å². The van der Waals surface area contributed by atoms with Crippen LogP contribution in [0.5, 0.6) is 0 Å². The van der Waals surface area contributed by atoms with Crippen molar-refractivity contribution >= 4 is 15.7 Å². The van der Waals surface area contributed by atoms with E-state index in [0.717, 1.165) is 11.1 Å². The second-order valence-corrected chi connectivity index (χ2v) is 5.29. The molecule has 4 nitrogen and oxygen atoms in total. The maximum Gasteiger partial charge on any atom is 0.234 e. The Morgan fingerprint density at radius 2 is 1.93 bits per heavy atom. The molecule has 5 heteroatoms. The fourth-order valence-electron chi connectivity index (χ4n) is 1.16. The first-order valence-electron chi connectivity index (χ1n) is 4.63. The standard InChI is InChI=1S/C10H15NO3S/c1-8-3-4-10(7-9(8)2)11-15(13,14)6-5-12/h3-4,7,11-12H,5-6H2,1-2H3. The van der Waals surface area contributed by atoms with Gasteiger partial charge in [-0.15, -0.1) is 0 Å². The topological polar surface area (TPSA) is 66.4 Å². The zero-order chi connectivity index (χ0) is 11.5. The van der Waals surface area contributed by atoms with Gasteiger partial charge in [-0.1, -0.05) is 6.07 Å². The summed E-state index contributed by atoms with van der Waals surface area (Å²) in [6.07, 6.45) is 0. The fraction of sp³-hybridized carbons (Fsp3) is 0.400. The highest BCUT2D eigenvalue weighted by Crippen LogP contribution is 2.15. The van der Waals surface area contributed by atoms with Gasteiger partial charge in [-0.25, -0.2) is 8.42 Å². The van der Waals surface area contributed by atoms with E-state index >= 15 is 0 Å². The summed E-state index contributed by atoms with van der Waals surface area (Å²) in [6.45, 7) is 3.50.